The zero-order chi connectivity index (χ0) is 11.5. The second-order valence-corrected chi connectivity index (χ2v) is 3.49. The zero-order valence-electron chi connectivity index (χ0n) is 9.57. The molecule has 0 saturated heterocycles. The standard InChI is InChI=1S/C12H14N2O2/c1-8-4-5-11(15-3)9(6-8)10-7-16-12(13-2)14-10/h4-7H,1-3H3,(H,13,14). The van der Waals surface area contributed by atoms with Crippen molar-refractivity contribution in [2.24, 2.45) is 0 Å². The molecule has 4 nitrogen and oxygen atoms in total. The molecule has 0 bridgehead atoms. The fourth-order valence-electron chi connectivity index (χ4n) is 1.53. The maximum absolute atomic E-state index is 5.30. The third-order valence-electron chi connectivity index (χ3n) is 2.35. The summed E-state index contributed by atoms with van der Waals surface area (Å²) in [5, 5.41) is 2.85. The van der Waals surface area contributed by atoms with Crippen molar-refractivity contribution in [2.75, 3.05) is 19.5 Å². The third-order valence-corrected chi connectivity index (χ3v) is 2.35. The van der Waals surface area contributed by atoms with Crippen LogP contribution in [0.2, 0.25) is 0 Å². The van der Waals surface area contributed by atoms with Crippen molar-refractivity contribution in [2.45, 2.75) is 6.92 Å². The normalized spacial score (nSPS) is 10.2. The Morgan fingerprint density at radius 3 is 2.81 bits per heavy atom. The number of benzene rings is 1. The Morgan fingerprint density at radius 1 is 1.38 bits per heavy atom. The number of hydrogen-bond donors (Lipinski definition) is 1. The molecule has 1 heterocycles. The Bertz CT molecular complexity index is 492. The lowest BCUT2D eigenvalue weighted by atomic mass is 10.1. The summed E-state index contributed by atoms with van der Waals surface area (Å²) in [4.78, 5) is 4.29. The maximum atomic E-state index is 5.30. The number of hydrogen-bond acceptors (Lipinski definition) is 4. The van der Waals surface area contributed by atoms with E-state index >= 15 is 0 Å². The van der Waals surface area contributed by atoms with Gasteiger partial charge in [-0.1, -0.05) is 11.6 Å². The first-order chi connectivity index (χ1) is 7.74. The number of methoxy groups -OCH3 is 1. The van der Waals surface area contributed by atoms with E-state index in [2.05, 4.69) is 10.3 Å². The minimum atomic E-state index is 0.499. The fraction of sp³-hybridized carbons (Fsp3) is 0.250. The van der Waals surface area contributed by atoms with E-state index in [9.17, 15) is 0 Å². The third kappa shape index (κ3) is 1.86. The molecule has 0 aliphatic rings. The first-order valence-corrected chi connectivity index (χ1v) is 5.03. The number of oxazole rings is 1. The first kappa shape index (κ1) is 10.5. The molecule has 0 saturated carbocycles. The SMILES string of the molecule is CNc1nc(-c2cc(C)ccc2OC)co1. The van der Waals surface area contributed by atoms with Crippen molar-refractivity contribution in [1.82, 2.24) is 4.98 Å². The molecule has 4 heteroatoms. The van der Waals surface area contributed by atoms with Crippen molar-refractivity contribution in [1.29, 1.82) is 0 Å². The summed E-state index contributed by atoms with van der Waals surface area (Å²) >= 11 is 0. The average molecular weight is 218 g/mol. The van der Waals surface area contributed by atoms with Crippen LogP contribution in [-0.4, -0.2) is 19.1 Å². The highest BCUT2D eigenvalue weighted by atomic mass is 16.5. The van der Waals surface area contributed by atoms with Crippen LogP contribution in [0, 0.1) is 6.92 Å². The lowest BCUT2D eigenvalue weighted by molar-refractivity contribution is 0.416. The van der Waals surface area contributed by atoms with Crippen LogP contribution >= 0.6 is 0 Å². The summed E-state index contributed by atoms with van der Waals surface area (Å²) in [6, 6.07) is 6.45. The molecule has 0 fully saturated rings. The number of aromatic nitrogens is 1. The van der Waals surface area contributed by atoms with Crippen LogP contribution in [-0.2, 0) is 0 Å². The van der Waals surface area contributed by atoms with Gasteiger partial charge in [0.25, 0.3) is 6.01 Å². The molecular weight excluding hydrogens is 204 g/mol. The Hall–Kier alpha value is -1.97. The van der Waals surface area contributed by atoms with Gasteiger partial charge in [-0.15, -0.1) is 0 Å². The van der Waals surface area contributed by atoms with Crippen molar-refractivity contribution in [3.8, 4) is 17.0 Å². The minimum absolute atomic E-state index is 0.499. The molecule has 0 amide bonds. The fourth-order valence-corrected chi connectivity index (χ4v) is 1.53. The van der Waals surface area contributed by atoms with Crippen LogP contribution in [0.5, 0.6) is 5.75 Å². The van der Waals surface area contributed by atoms with Gasteiger partial charge in [0.05, 0.1) is 7.11 Å². The van der Waals surface area contributed by atoms with E-state index in [4.69, 9.17) is 9.15 Å². The van der Waals surface area contributed by atoms with E-state index in [-0.39, 0.29) is 0 Å². The molecule has 2 rings (SSSR count). The monoisotopic (exact) mass is 218 g/mol. The van der Waals surface area contributed by atoms with Crippen LogP contribution < -0.4 is 10.1 Å². The number of nitrogens with zero attached hydrogens (tertiary/aromatic N) is 1. The number of ether oxygens (including phenoxy) is 1. The lowest BCUT2D eigenvalue weighted by Crippen LogP contribution is -1.90. The molecule has 1 N–H and O–H groups in total. The highest BCUT2D eigenvalue weighted by molar-refractivity contribution is 5.68. The number of nitrogens with one attached hydrogen (secondary N) is 1. The van der Waals surface area contributed by atoms with Gasteiger partial charge in [-0.05, 0) is 19.1 Å². The number of rotatable bonds is 3. The topological polar surface area (TPSA) is 47.3 Å². The van der Waals surface area contributed by atoms with E-state index in [1.54, 1.807) is 20.4 Å². The highest BCUT2D eigenvalue weighted by Gasteiger charge is 2.10. The molecule has 0 atom stereocenters. The predicted octanol–water partition coefficient (Wildman–Crippen LogP) is 2.70. The van der Waals surface area contributed by atoms with Gasteiger partial charge in [0, 0.05) is 12.6 Å². The second-order valence-electron chi connectivity index (χ2n) is 3.49. The molecule has 0 unspecified atom stereocenters. The minimum Gasteiger partial charge on any atom is -0.496 e. The highest BCUT2D eigenvalue weighted by Crippen LogP contribution is 2.30. The van der Waals surface area contributed by atoms with Crippen LogP contribution in [0.3, 0.4) is 0 Å². The average Bonchev–Trinajstić information content (AvgIpc) is 2.77. The summed E-state index contributed by atoms with van der Waals surface area (Å²) < 4.78 is 10.5. The molecule has 1 aromatic heterocycles. The largest absolute Gasteiger partial charge is 0.496 e. The Balaban J connectivity index is 2.49. The van der Waals surface area contributed by atoms with Gasteiger partial charge >= 0.3 is 0 Å². The van der Waals surface area contributed by atoms with E-state index in [1.165, 1.54) is 0 Å². The summed E-state index contributed by atoms with van der Waals surface area (Å²) in [6.45, 7) is 2.03. The molecule has 0 aliphatic heterocycles. The van der Waals surface area contributed by atoms with Crippen molar-refractivity contribution >= 4 is 6.01 Å². The van der Waals surface area contributed by atoms with Gasteiger partial charge in [-0.3, -0.25) is 0 Å². The van der Waals surface area contributed by atoms with Gasteiger partial charge in [0.2, 0.25) is 0 Å². The van der Waals surface area contributed by atoms with Gasteiger partial charge < -0.3 is 14.5 Å². The first-order valence-electron chi connectivity index (χ1n) is 5.03. The Labute approximate surface area is 94.3 Å². The Kier molecular flexibility index (Phi) is 2.81. The van der Waals surface area contributed by atoms with E-state index < -0.39 is 0 Å². The summed E-state index contributed by atoms with van der Waals surface area (Å²) in [5.41, 5.74) is 2.86. The smallest absolute Gasteiger partial charge is 0.294 e. The summed E-state index contributed by atoms with van der Waals surface area (Å²) in [5.74, 6) is 0.793. The van der Waals surface area contributed by atoms with Crippen molar-refractivity contribution in [3.05, 3.63) is 30.0 Å². The molecule has 0 spiro atoms. The number of anilines is 1. The molecular formula is C12H14N2O2. The van der Waals surface area contributed by atoms with Gasteiger partial charge in [-0.25, -0.2) is 0 Å². The van der Waals surface area contributed by atoms with Gasteiger partial charge in [-0.2, -0.15) is 4.98 Å². The summed E-state index contributed by atoms with van der Waals surface area (Å²) in [6.07, 6.45) is 1.61. The predicted molar refractivity (Wildman–Crippen MR) is 62.8 cm³/mol. The maximum Gasteiger partial charge on any atom is 0.294 e. The molecule has 1 aromatic carbocycles. The van der Waals surface area contributed by atoms with Gasteiger partial charge in [0.15, 0.2) is 0 Å². The molecule has 2 aromatic rings. The lowest BCUT2D eigenvalue weighted by Gasteiger charge is -2.06. The molecule has 16 heavy (non-hydrogen) atoms. The van der Waals surface area contributed by atoms with Crippen LogP contribution in [0.1, 0.15) is 5.56 Å². The van der Waals surface area contributed by atoms with Crippen LogP contribution in [0.4, 0.5) is 6.01 Å². The van der Waals surface area contributed by atoms with E-state index in [0.717, 1.165) is 22.6 Å². The second kappa shape index (κ2) is 4.26. The zero-order valence-corrected chi connectivity index (χ0v) is 9.57. The van der Waals surface area contributed by atoms with Crippen molar-refractivity contribution < 1.29 is 9.15 Å². The molecule has 0 aliphatic carbocycles. The van der Waals surface area contributed by atoms with Gasteiger partial charge in [0.1, 0.15) is 17.7 Å². The van der Waals surface area contributed by atoms with Crippen LogP contribution in [0.15, 0.2) is 28.9 Å². The molecule has 84 valence electrons. The van der Waals surface area contributed by atoms with Crippen molar-refractivity contribution in [3.63, 3.8) is 0 Å². The molecule has 0 radical (unpaired) electrons. The Morgan fingerprint density at radius 2 is 2.19 bits per heavy atom. The van der Waals surface area contributed by atoms with Crippen LogP contribution in [0.25, 0.3) is 11.3 Å². The van der Waals surface area contributed by atoms with E-state index in [1.807, 2.05) is 25.1 Å². The number of aryl methyl sites for hydroxylation is 1. The summed E-state index contributed by atoms with van der Waals surface area (Å²) in [7, 11) is 3.41. The quantitative estimate of drug-likeness (QED) is 0.860. The van der Waals surface area contributed by atoms with E-state index in [0.29, 0.717) is 6.01 Å².